The van der Waals surface area contributed by atoms with Crippen molar-refractivity contribution in [3.05, 3.63) is 23.9 Å². The lowest BCUT2D eigenvalue weighted by Gasteiger charge is -2.34. The van der Waals surface area contributed by atoms with E-state index in [-0.39, 0.29) is 0 Å². The van der Waals surface area contributed by atoms with E-state index in [0.717, 1.165) is 18.9 Å². The monoisotopic (exact) mass is 238 g/mol. The molecule has 1 aromatic heterocycles. The molecule has 1 aliphatic heterocycles. The minimum atomic E-state index is 0.298. The van der Waals surface area contributed by atoms with Gasteiger partial charge in [0.1, 0.15) is 5.82 Å². The van der Waals surface area contributed by atoms with E-state index < -0.39 is 0 Å². The molecule has 1 atom stereocenters. The molecule has 0 bridgehead atoms. The van der Waals surface area contributed by atoms with Gasteiger partial charge in [-0.15, -0.1) is 11.6 Å². The van der Waals surface area contributed by atoms with Crippen LogP contribution in [0.2, 0.25) is 0 Å². The second-order valence-electron chi connectivity index (χ2n) is 4.65. The highest BCUT2D eigenvalue weighted by atomic mass is 35.5. The zero-order valence-corrected chi connectivity index (χ0v) is 10.7. The molecule has 0 N–H and O–H groups in total. The van der Waals surface area contributed by atoms with Crippen molar-refractivity contribution >= 4 is 17.4 Å². The molecule has 1 unspecified atom stereocenters. The van der Waals surface area contributed by atoms with Crippen molar-refractivity contribution in [1.29, 1.82) is 0 Å². The molecule has 0 aliphatic carbocycles. The van der Waals surface area contributed by atoms with E-state index in [1.807, 2.05) is 12.3 Å². The summed E-state index contributed by atoms with van der Waals surface area (Å²) in [4.78, 5) is 6.84. The summed E-state index contributed by atoms with van der Waals surface area (Å²) in [7, 11) is 0. The number of pyridine rings is 1. The summed E-state index contributed by atoms with van der Waals surface area (Å²) in [5.41, 5.74) is 1.26. The van der Waals surface area contributed by atoms with Crippen molar-refractivity contribution in [2.45, 2.75) is 32.1 Å². The Morgan fingerprint density at radius 1 is 1.44 bits per heavy atom. The first kappa shape index (κ1) is 11.7. The number of alkyl halides is 1. The Bertz CT molecular complexity index is 344. The quantitative estimate of drug-likeness (QED) is 0.736. The fraction of sp³-hybridized carbons (Fsp3) is 0.615. The van der Waals surface area contributed by atoms with Crippen molar-refractivity contribution in [2.24, 2.45) is 5.92 Å². The van der Waals surface area contributed by atoms with E-state index in [0.29, 0.717) is 11.3 Å². The number of hydrogen-bond acceptors (Lipinski definition) is 2. The Hall–Kier alpha value is -0.760. The molecular weight excluding hydrogens is 220 g/mol. The maximum Gasteiger partial charge on any atom is 0.131 e. The molecule has 1 fully saturated rings. The Morgan fingerprint density at radius 3 is 2.69 bits per heavy atom. The molecule has 16 heavy (non-hydrogen) atoms. The fourth-order valence-electron chi connectivity index (χ4n) is 2.38. The molecule has 2 heterocycles. The molecule has 3 heteroatoms. The molecule has 1 aliphatic rings. The highest BCUT2D eigenvalue weighted by molar-refractivity contribution is 6.20. The number of hydrogen-bond donors (Lipinski definition) is 0. The van der Waals surface area contributed by atoms with Gasteiger partial charge in [0.25, 0.3) is 0 Å². The summed E-state index contributed by atoms with van der Waals surface area (Å²) < 4.78 is 0. The van der Waals surface area contributed by atoms with Gasteiger partial charge in [-0.25, -0.2) is 4.98 Å². The minimum Gasteiger partial charge on any atom is -0.356 e. The van der Waals surface area contributed by atoms with E-state index >= 15 is 0 Å². The topological polar surface area (TPSA) is 16.1 Å². The van der Waals surface area contributed by atoms with E-state index in [1.54, 1.807) is 0 Å². The first-order valence-electron chi connectivity index (χ1n) is 5.99. The van der Waals surface area contributed by atoms with Crippen LogP contribution >= 0.6 is 11.6 Å². The summed E-state index contributed by atoms with van der Waals surface area (Å²) in [6.45, 7) is 6.39. The number of nitrogens with zero attached hydrogens (tertiary/aromatic N) is 2. The minimum absolute atomic E-state index is 0.298. The van der Waals surface area contributed by atoms with E-state index in [2.05, 4.69) is 29.8 Å². The number of piperidine rings is 1. The van der Waals surface area contributed by atoms with Crippen LogP contribution in [-0.4, -0.2) is 23.5 Å². The van der Waals surface area contributed by atoms with Crippen LogP contribution in [0.15, 0.2) is 18.3 Å². The zero-order chi connectivity index (χ0) is 11.5. The van der Waals surface area contributed by atoms with E-state index in [4.69, 9.17) is 11.6 Å². The molecule has 0 spiro atoms. The first-order valence-corrected chi connectivity index (χ1v) is 6.43. The third-order valence-corrected chi connectivity index (χ3v) is 3.83. The van der Waals surface area contributed by atoms with Crippen molar-refractivity contribution in [1.82, 2.24) is 4.98 Å². The highest BCUT2D eigenvalue weighted by Crippen LogP contribution is 2.27. The Balaban J connectivity index is 2.02. The number of anilines is 1. The van der Waals surface area contributed by atoms with Gasteiger partial charge in [0.15, 0.2) is 0 Å². The molecule has 2 rings (SSSR count). The second kappa shape index (κ2) is 5.05. The SMILES string of the molecule is Cc1cccnc1N1CCC(C(C)Cl)CC1. The van der Waals surface area contributed by atoms with Crippen LogP contribution in [-0.2, 0) is 0 Å². The van der Waals surface area contributed by atoms with Crippen LogP contribution in [0, 0.1) is 12.8 Å². The summed E-state index contributed by atoms with van der Waals surface area (Å²) in [6.07, 6.45) is 4.24. The highest BCUT2D eigenvalue weighted by Gasteiger charge is 2.23. The normalized spacial score (nSPS) is 19.8. The molecule has 88 valence electrons. The van der Waals surface area contributed by atoms with Gasteiger partial charge in [-0.1, -0.05) is 6.07 Å². The molecule has 0 amide bonds. The van der Waals surface area contributed by atoms with Crippen molar-refractivity contribution < 1.29 is 0 Å². The number of halogens is 1. The molecule has 1 saturated heterocycles. The standard InChI is InChI=1S/C13H19ClN2/c1-10-4-3-7-15-13(10)16-8-5-12(6-9-16)11(2)14/h3-4,7,11-12H,5-6,8-9H2,1-2H3. The maximum atomic E-state index is 6.15. The average Bonchev–Trinajstić information content (AvgIpc) is 2.30. The molecule has 1 aromatic rings. The van der Waals surface area contributed by atoms with Gasteiger partial charge in [-0.2, -0.15) is 0 Å². The predicted molar refractivity (Wildman–Crippen MR) is 69.2 cm³/mol. The first-order chi connectivity index (χ1) is 7.68. The van der Waals surface area contributed by atoms with Gasteiger partial charge < -0.3 is 4.90 Å². The van der Waals surface area contributed by atoms with Gasteiger partial charge >= 0.3 is 0 Å². The second-order valence-corrected chi connectivity index (χ2v) is 5.33. The lowest BCUT2D eigenvalue weighted by Crippen LogP contribution is -2.36. The van der Waals surface area contributed by atoms with Gasteiger partial charge in [0.05, 0.1) is 0 Å². The van der Waals surface area contributed by atoms with Crippen molar-refractivity contribution in [2.75, 3.05) is 18.0 Å². The van der Waals surface area contributed by atoms with Gasteiger partial charge in [-0.3, -0.25) is 0 Å². The van der Waals surface area contributed by atoms with Crippen LogP contribution in [0.1, 0.15) is 25.3 Å². The van der Waals surface area contributed by atoms with E-state index in [9.17, 15) is 0 Å². The zero-order valence-electron chi connectivity index (χ0n) is 9.99. The number of aromatic nitrogens is 1. The van der Waals surface area contributed by atoms with Gasteiger partial charge in [0, 0.05) is 24.7 Å². The third-order valence-electron chi connectivity index (χ3n) is 3.47. The Kier molecular flexibility index (Phi) is 3.70. The smallest absolute Gasteiger partial charge is 0.131 e. The lowest BCUT2D eigenvalue weighted by molar-refractivity contribution is 0.398. The number of aryl methyl sites for hydroxylation is 1. The molecule has 2 nitrogen and oxygen atoms in total. The van der Waals surface area contributed by atoms with Crippen LogP contribution in [0.3, 0.4) is 0 Å². The fourth-order valence-corrected chi connectivity index (χ4v) is 2.63. The molecule has 0 aromatic carbocycles. The summed E-state index contributed by atoms with van der Waals surface area (Å²) >= 11 is 6.15. The van der Waals surface area contributed by atoms with Gasteiger partial charge in [0.2, 0.25) is 0 Å². The van der Waals surface area contributed by atoms with Crippen LogP contribution in [0.25, 0.3) is 0 Å². The third kappa shape index (κ3) is 2.49. The average molecular weight is 239 g/mol. The Labute approximate surface area is 103 Å². The Morgan fingerprint density at radius 2 is 2.12 bits per heavy atom. The van der Waals surface area contributed by atoms with Gasteiger partial charge in [-0.05, 0) is 44.2 Å². The molecular formula is C13H19ClN2. The summed E-state index contributed by atoms with van der Waals surface area (Å²) in [5.74, 6) is 1.81. The maximum absolute atomic E-state index is 6.15. The van der Waals surface area contributed by atoms with Crippen molar-refractivity contribution in [3.63, 3.8) is 0 Å². The molecule has 0 radical (unpaired) electrons. The van der Waals surface area contributed by atoms with Crippen LogP contribution in [0.4, 0.5) is 5.82 Å². The van der Waals surface area contributed by atoms with Crippen molar-refractivity contribution in [3.8, 4) is 0 Å². The number of rotatable bonds is 2. The summed E-state index contributed by atoms with van der Waals surface area (Å²) in [5, 5.41) is 0.298. The largest absolute Gasteiger partial charge is 0.356 e. The van der Waals surface area contributed by atoms with Crippen LogP contribution < -0.4 is 4.90 Å². The summed E-state index contributed by atoms with van der Waals surface area (Å²) in [6, 6.07) is 4.12. The van der Waals surface area contributed by atoms with E-state index in [1.165, 1.54) is 18.4 Å². The van der Waals surface area contributed by atoms with Crippen LogP contribution in [0.5, 0.6) is 0 Å². The molecule has 0 saturated carbocycles. The predicted octanol–water partition coefficient (Wildman–Crippen LogP) is 3.23. The lowest BCUT2D eigenvalue weighted by atomic mass is 9.94.